The van der Waals surface area contributed by atoms with Crippen LogP contribution >= 0.6 is 0 Å². The summed E-state index contributed by atoms with van der Waals surface area (Å²) in [5.74, 6) is -0.191. The maximum atomic E-state index is 11.3. The fourth-order valence-corrected chi connectivity index (χ4v) is 1.49. The summed E-state index contributed by atoms with van der Waals surface area (Å²) in [4.78, 5) is 21.8. The van der Waals surface area contributed by atoms with Crippen molar-refractivity contribution in [1.29, 1.82) is 0 Å². The number of aldehydes is 1. The van der Waals surface area contributed by atoms with E-state index >= 15 is 0 Å². The van der Waals surface area contributed by atoms with E-state index in [1.807, 2.05) is 0 Å². The first-order chi connectivity index (χ1) is 7.17. The average molecular weight is 207 g/mol. The van der Waals surface area contributed by atoms with Crippen molar-refractivity contribution in [3.8, 4) is 0 Å². The molecule has 0 spiro atoms. The summed E-state index contributed by atoms with van der Waals surface area (Å²) < 4.78 is 11.4. The highest BCUT2D eigenvalue weighted by Gasteiger charge is 2.16. The number of aryl methyl sites for hydroxylation is 1. The van der Waals surface area contributed by atoms with Gasteiger partial charge in [0.2, 0.25) is 5.71 Å². The Bertz CT molecular complexity index is 535. The molecule has 0 fully saturated rings. The molecule has 2 heterocycles. The Morgan fingerprint density at radius 3 is 2.80 bits per heavy atom. The van der Waals surface area contributed by atoms with Gasteiger partial charge in [-0.3, -0.25) is 4.79 Å². The largest absolute Gasteiger partial charge is 0.464 e. The highest BCUT2D eigenvalue weighted by atomic mass is 16.5. The molecule has 0 N–H and O–H groups in total. The van der Waals surface area contributed by atoms with Crippen molar-refractivity contribution < 1.29 is 18.7 Å². The van der Waals surface area contributed by atoms with Gasteiger partial charge in [-0.2, -0.15) is 0 Å². The lowest BCUT2D eigenvalue weighted by molar-refractivity contribution is 0.0590. The predicted molar refractivity (Wildman–Crippen MR) is 51.9 cm³/mol. The molecule has 2 rings (SSSR count). The van der Waals surface area contributed by atoms with Crippen LogP contribution in [-0.4, -0.2) is 23.9 Å². The van der Waals surface area contributed by atoms with Crippen LogP contribution in [0.1, 0.15) is 21.0 Å². The van der Waals surface area contributed by atoms with Gasteiger partial charge in [0.05, 0.1) is 7.11 Å². The van der Waals surface area contributed by atoms with Crippen molar-refractivity contribution in [2.75, 3.05) is 7.11 Å². The number of methoxy groups -OCH3 is 1. The van der Waals surface area contributed by atoms with Gasteiger partial charge in [-0.15, -0.1) is 0 Å². The van der Waals surface area contributed by atoms with Crippen LogP contribution in [0.4, 0.5) is 0 Å². The van der Waals surface area contributed by atoms with Gasteiger partial charge >= 0.3 is 5.97 Å². The molecule has 15 heavy (non-hydrogen) atoms. The average Bonchev–Trinajstić information content (AvgIpc) is 2.77. The molecule has 0 aliphatic rings. The fraction of sp³-hybridized carbons (Fsp3) is 0.200. The summed E-state index contributed by atoms with van der Waals surface area (Å²) in [5, 5.41) is 0.708. The van der Waals surface area contributed by atoms with Crippen LogP contribution in [0.2, 0.25) is 0 Å². The normalized spacial score (nSPS) is 10.5. The molecule has 0 unspecified atom stereocenters. The molecular formula is C10H9NO4. The van der Waals surface area contributed by atoms with E-state index in [4.69, 9.17) is 4.42 Å². The second-order valence-electron chi connectivity index (χ2n) is 3.11. The number of ether oxygens (including phenoxy) is 1. The molecule has 5 heteroatoms. The van der Waals surface area contributed by atoms with Crippen molar-refractivity contribution in [3.05, 3.63) is 23.6 Å². The number of fused-ring (bicyclic) bond motifs is 1. The minimum Gasteiger partial charge on any atom is -0.464 e. The molecule has 0 saturated carbocycles. The Kier molecular flexibility index (Phi) is 2.07. The molecule has 0 amide bonds. The van der Waals surface area contributed by atoms with E-state index in [9.17, 15) is 9.59 Å². The van der Waals surface area contributed by atoms with Crippen LogP contribution in [0.15, 0.2) is 16.5 Å². The first kappa shape index (κ1) is 9.51. The van der Waals surface area contributed by atoms with Crippen LogP contribution in [0.3, 0.4) is 0 Å². The monoisotopic (exact) mass is 207 g/mol. The van der Waals surface area contributed by atoms with Crippen LogP contribution in [-0.2, 0) is 11.8 Å². The zero-order valence-electron chi connectivity index (χ0n) is 8.31. The first-order valence-electron chi connectivity index (χ1n) is 4.30. The Labute approximate surface area is 85.2 Å². The van der Waals surface area contributed by atoms with Crippen molar-refractivity contribution in [1.82, 2.24) is 4.57 Å². The second-order valence-corrected chi connectivity index (χ2v) is 3.11. The molecule has 0 radical (unpaired) electrons. The van der Waals surface area contributed by atoms with Crippen LogP contribution in [0.5, 0.6) is 0 Å². The van der Waals surface area contributed by atoms with E-state index in [0.717, 1.165) is 0 Å². The lowest BCUT2D eigenvalue weighted by atomic mass is 10.3. The van der Waals surface area contributed by atoms with Gasteiger partial charge in [0.1, 0.15) is 5.69 Å². The first-order valence-corrected chi connectivity index (χ1v) is 4.30. The summed E-state index contributed by atoms with van der Waals surface area (Å²) in [6.07, 6.45) is 0.623. The van der Waals surface area contributed by atoms with Gasteiger partial charge < -0.3 is 13.7 Å². The van der Waals surface area contributed by atoms with Crippen LogP contribution < -0.4 is 0 Å². The molecule has 2 aromatic rings. The second kappa shape index (κ2) is 3.27. The Hall–Kier alpha value is -2.04. The number of carbonyl (C=O) groups is 2. The fourth-order valence-electron chi connectivity index (χ4n) is 1.49. The third kappa shape index (κ3) is 1.32. The van der Waals surface area contributed by atoms with Crippen molar-refractivity contribution in [2.45, 2.75) is 0 Å². The number of nitrogens with zero attached hydrogens (tertiary/aromatic N) is 1. The van der Waals surface area contributed by atoms with Crippen LogP contribution in [0.25, 0.3) is 11.1 Å². The molecular weight excluding hydrogens is 198 g/mol. The smallest absolute Gasteiger partial charge is 0.354 e. The summed E-state index contributed by atoms with van der Waals surface area (Å²) >= 11 is 0. The number of aromatic nitrogens is 1. The number of hydrogen-bond acceptors (Lipinski definition) is 4. The van der Waals surface area contributed by atoms with Crippen molar-refractivity contribution in [2.24, 2.45) is 7.05 Å². The molecule has 2 aromatic heterocycles. The minimum atomic E-state index is -0.434. The molecule has 5 nitrogen and oxygen atoms in total. The van der Waals surface area contributed by atoms with Gasteiger partial charge in [0.15, 0.2) is 12.0 Å². The zero-order chi connectivity index (χ0) is 11.0. The van der Waals surface area contributed by atoms with Gasteiger partial charge in [0, 0.05) is 12.4 Å². The Morgan fingerprint density at radius 2 is 2.27 bits per heavy atom. The molecule has 0 aliphatic carbocycles. The number of rotatable bonds is 2. The summed E-state index contributed by atoms with van der Waals surface area (Å²) in [5.41, 5.74) is 0.876. The van der Waals surface area contributed by atoms with Gasteiger partial charge in [0.25, 0.3) is 0 Å². The van der Waals surface area contributed by atoms with Crippen molar-refractivity contribution in [3.63, 3.8) is 0 Å². The molecule has 0 atom stereocenters. The third-order valence-electron chi connectivity index (χ3n) is 2.23. The van der Waals surface area contributed by atoms with Crippen LogP contribution in [0, 0.1) is 0 Å². The Morgan fingerprint density at radius 1 is 1.53 bits per heavy atom. The SMILES string of the molecule is COC(=O)c1cc2cc(C=O)oc2n1C. The topological polar surface area (TPSA) is 61.4 Å². The van der Waals surface area contributed by atoms with Gasteiger partial charge in [-0.1, -0.05) is 0 Å². The maximum Gasteiger partial charge on any atom is 0.354 e. The number of furan rings is 1. The summed E-state index contributed by atoms with van der Waals surface area (Å²) in [7, 11) is 2.99. The highest BCUT2D eigenvalue weighted by molar-refractivity contribution is 5.95. The number of carbonyl (C=O) groups excluding carboxylic acids is 2. The summed E-state index contributed by atoms with van der Waals surface area (Å²) in [6.45, 7) is 0. The lowest BCUT2D eigenvalue weighted by Gasteiger charge is -1.99. The Balaban J connectivity index is 2.62. The number of hydrogen-bond donors (Lipinski definition) is 0. The van der Waals surface area contributed by atoms with E-state index in [2.05, 4.69) is 4.74 Å². The molecule has 0 aromatic carbocycles. The van der Waals surface area contributed by atoms with E-state index in [1.165, 1.54) is 7.11 Å². The maximum absolute atomic E-state index is 11.3. The van der Waals surface area contributed by atoms with Gasteiger partial charge in [-0.25, -0.2) is 4.79 Å². The van der Waals surface area contributed by atoms with E-state index < -0.39 is 5.97 Å². The van der Waals surface area contributed by atoms with Gasteiger partial charge in [-0.05, 0) is 12.1 Å². The standard InChI is InChI=1S/C10H9NO4/c1-11-8(10(13)14-2)4-6-3-7(5-12)15-9(6)11/h3-5H,1-2H3. The molecule has 0 aliphatic heterocycles. The van der Waals surface area contributed by atoms with Crippen molar-refractivity contribution >= 4 is 23.4 Å². The predicted octanol–water partition coefficient (Wildman–Crippen LogP) is 1.37. The lowest BCUT2D eigenvalue weighted by Crippen LogP contribution is -2.06. The van der Waals surface area contributed by atoms with E-state index in [1.54, 1.807) is 23.7 Å². The molecule has 0 bridgehead atoms. The molecule has 0 saturated heterocycles. The minimum absolute atomic E-state index is 0.243. The third-order valence-corrected chi connectivity index (χ3v) is 2.23. The molecule has 78 valence electrons. The quantitative estimate of drug-likeness (QED) is 0.551. The van der Waals surface area contributed by atoms with E-state index in [0.29, 0.717) is 23.1 Å². The number of esters is 1. The summed E-state index contributed by atoms with van der Waals surface area (Å²) in [6, 6.07) is 3.20. The zero-order valence-corrected chi connectivity index (χ0v) is 8.31. The highest BCUT2D eigenvalue weighted by Crippen LogP contribution is 2.22. The van der Waals surface area contributed by atoms with E-state index in [-0.39, 0.29) is 5.76 Å².